The third-order valence-corrected chi connectivity index (χ3v) is 6.35. The number of ether oxygens (including phenoxy) is 3. The first kappa shape index (κ1) is 21.9. The predicted octanol–water partition coefficient (Wildman–Crippen LogP) is 4.36. The van der Waals surface area contributed by atoms with E-state index in [2.05, 4.69) is 0 Å². The van der Waals surface area contributed by atoms with Crippen molar-refractivity contribution in [2.24, 2.45) is 0 Å². The average molecular weight is 436 g/mol. The molecule has 2 aromatic rings. The second kappa shape index (κ2) is 8.69. The van der Waals surface area contributed by atoms with Crippen LogP contribution < -0.4 is 14.2 Å². The van der Waals surface area contributed by atoms with Crippen molar-refractivity contribution in [3.05, 3.63) is 58.7 Å². The molecule has 0 unspecified atom stereocenters. The number of benzene rings is 2. The van der Waals surface area contributed by atoms with E-state index in [1.807, 2.05) is 43.0 Å². The van der Waals surface area contributed by atoms with E-state index in [0.29, 0.717) is 55.2 Å². The maximum Gasteiger partial charge on any atom is 0.246 e. The van der Waals surface area contributed by atoms with Gasteiger partial charge in [0.2, 0.25) is 5.91 Å². The van der Waals surface area contributed by atoms with Crippen LogP contribution in [0.5, 0.6) is 17.2 Å². The van der Waals surface area contributed by atoms with Crippen molar-refractivity contribution in [2.75, 3.05) is 27.3 Å². The van der Waals surface area contributed by atoms with Gasteiger partial charge in [0.1, 0.15) is 22.8 Å². The lowest BCUT2D eigenvalue weighted by atomic mass is 9.81. The molecule has 2 heterocycles. The van der Waals surface area contributed by atoms with Gasteiger partial charge in [0, 0.05) is 43.6 Å². The molecule has 1 saturated heterocycles. The largest absolute Gasteiger partial charge is 0.497 e. The van der Waals surface area contributed by atoms with Crippen molar-refractivity contribution >= 4 is 17.8 Å². The summed E-state index contributed by atoms with van der Waals surface area (Å²) in [5.41, 5.74) is 3.02. The first-order chi connectivity index (χ1) is 15.3. The lowest BCUT2D eigenvalue weighted by Gasteiger charge is -2.44. The van der Waals surface area contributed by atoms with Crippen LogP contribution in [0.4, 0.5) is 0 Å². The summed E-state index contributed by atoms with van der Waals surface area (Å²) in [5, 5.41) is 0. The number of nitrogens with zero attached hydrogens (tertiary/aromatic N) is 1. The Labute approximate surface area is 188 Å². The summed E-state index contributed by atoms with van der Waals surface area (Å²) in [6.07, 6.45) is 4.96. The molecule has 0 aliphatic carbocycles. The number of ketones is 1. The van der Waals surface area contributed by atoms with Crippen LogP contribution >= 0.6 is 0 Å². The predicted molar refractivity (Wildman–Crippen MR) is 123 cm³/mol. The van der Waals surface area contributed by atoms with Gasteiger partial charge in [-0.25, -0.2) is 0 Å². The maximum atomic E-state index is 12.9. The third kappa shape index (κ3) is 4.22. The number of likely N-dealkylation sites (tertiary alicyclic amines) is 1. The lowest BCUT2D eigenvalue weighted by molar-refractivity contribution is -0.129. The van der Waals surface area contributed by atoms with Gasteiger partial charge in [-0.05, 0) is 49.2 Å². The van der Waals surface area contributed by atoms with Gasteiger partial charge in [-0.3, -0.25) is 9.59 Å². The van der Waals surface area contributed by atoms with E-state index in [1.54, 1.807) is 32.4 Å². The second-order valence-electron chi connectivity index (χ2n) is 8.61. The van der Waals surface area contributed by atoms with Crippen LogP contribution in [0, 0.1) is 13.8 Å². The standard InChI is InChI=1S/C26H29NO5/c1-17-13-18(2)25-21(14-17)22(28)16-26(32-25)9-11-27(12-10-26)24(29)8-6-19-5-7-20(30-3)15-23(19)31-4/h5-8,13-15H,9-12,16H2,1-4H3/b8-6+. The molecular weight excluding hydrogens is 406 g/mol. The fourth-order valence-corrected chi connectivity index (χ4v) is 4.57. The summed E-state index contributed by atoms with van der Waals surface area (Å²) < 4.78 is 17.0. The van der Waals surface area contributed by atoms with Crippen molar-refractivity contribution in [1.29, 1.82) is 0 Å². The van der Waals surface area contributed by atoms with Crippen LogP contribution in [0.15, 0.2) is 36.4 Å². The summed E-state index contributed by atoms with van der Waals surface area (Å²) in [6, 6.07) is 9.43. The number of aryl methyl sites for hydroxylation is 2. The van der Waals surface area contributed by atoms with Gasteiger partial charge in [0.25, 0.3) is 0 Å². The van der Waals surface area contributed by atoms with Gasteiger partial charge in [-0.15, -0.1) is 0 Å². The first-order valence-corrected chi connectivity index (χ1v) is 10.9. The molecule has 0 saturated carbocycles. The van der Waals surface area contributed by atoms with Crippen LogP contribution in [0.3, 0.4) is 0 Å². The topological polar surface area (TPSA) is 65.1 Å². The quantitative estimate of drug-likeness (QED) is 0.668. The van der Waals surface area contributed by atoms with Crippen LogP contribution in [0.25, 0.3) is 6.08 Å². The molecule has 0 atom stereocenters. The average Bonchev–Trinajstić information content (AvgIpc) is 2.79. The Morgan fingerprint density at radius 3 is 2.53 bits per heavy atom. The molecule has 1 fully saturated rings. The zero-order chi connectivity index (χ0) is 22.9. The van der Waals surface area contributed by atoms with E-state index in [9.17, 15) is 9.59 Å². The molecule has 2 aromatic carbocycles. The molecular formula is C26H29NO5. The molecule has 168 valence electrons. The van der Waals surface area contributed by atoms with Crippen LogP contribution in [-0.4, -0.2) is 49.5 Å². The van der Waals surface area contributed by atoms with Crippen LogP contribution in [0.1, 0.15) is 46.3 Å². The zero-order valence-corrected chi connectivity index (χ0v) is 19.1. The number of fused-ring (bicyclic) bond motifs is 1. The van der Waals surface area contributed by atoms with Gasteiger partial charge < -0.3 is 19.1 Å². The van der Waals surface area contributed by atoms with Crippen molar-refractivity contribution in [1.82, 2.24) is 4.90 Å². The van der Waals surface area contributed by atoms with Crippen molar-refractivity contribution in [3.63, 3.8) is 0 Å². The minimum absolute atomic E-state index is 0.0629. The van der Waals surface area contributed by atoms with E-state index >= 15 is 0 Å². The minimum atomic E-state index is -0.524. The van der Waals surface area contributed by atoms with E-state index < -0.39 is 5.60 Å². The van der Waals surface area contributed by atoms with Gasteiger partial charge >= 0.3 is 0 Å². The number of Topliss-reactive ketones (excluding diaryl/α,β-unsaturated/α-hetero) is 1. The van der Waals surface area contributed by atoms with Crippen molar-refractivity contribution in [2.45, 2.75) is 38.7 Å². The summed E-state index contributed by atoms with van der Waals surface area (Å²) in [6.45, 7) is 5.08. The fourth-order valence-electron chi connectivity index (χ4n) is 4.57. The lowest BCUT2D eigenvalue weighted by Crippen LogP contribution is -2.52. The summed E-state index contributed by atoms with van der Waals surface area (Å²) >= 11 is 0. The summed E-state index contributed by atoms with van der Waals surface area (Å²) in [7, 11) is 3.19. The van der Waals surface area contributed by atoms with Crippen LogP contribution in [0.2, 0.25) is 0 Å². The molecule has 6 nitrogen and oxygen atoms in total. The molecule has 6 heteroatoms. The monoisotopic (exact) mass is 435 g/mol. The fraction of sp³-hybridized carbons (Fsp3) is 0.385. The highest BCUT2D eigenvalue weighted by molar-refractivity contribution is 6.01. The molecule has 0 aromatic heterocycles. The highest BCUT2D eigenvalue weighted by Gasteiger charge is 2.44. The molecule has 4 rings (SSSR count). The number of amides is 1. The number of methoxy groups -OCH3 is 2. The summed E-state index contributed by atoms with van der Waals surface area (Å²) in [5.74, 6) is 2.11. The van der Waals surface area contributed by atoms with Gasteiger partial charge in [-0.2, -0.15) is 0 Å². The highest BCUT2D eigenvalue weighted by Crippen LogP contribution is 2.41. The Kier molecular flexibility index (Phi) is 5.96. The van der Waals surface area contributed by atoms with Gasteiger partial charge in [0.05, 0.1) is 26.2 Å². The number of carbonyl (C=O) groups excluding carboxylic acids is 2. The highest BCUT2D eigenvalue weighted by atomic mass is 16.5. The van der Waals surface area contributed by atoms with E-state index in [0.717, 1.165) is 16.7 Å². The summed E-state index contributed by atoms with van der Waals surface area (Å²) in [4.78, 5) is 27.4. The van der Waals surface area contributed by atoms with Crippen LogP contribution in [-0.2, 0) is 4.79 Å². The molecule has 0 N–H and O–H groups in total. The Bertz CT molecular complexity index is 1080. The molecule has 2 aliphatic heterocycles. The van der Waals surface area contributed by atoms with Gasteiger partial charge in [-0.1, -0.05) is 6.07 Å². The Hall–Kier alpha value is -3.28. The Morgan fingerprint density at radius 2 is 1.84 bits per heavy atom. The zero-order valence-electron chi connectivity index (χ0n) is 19.1. The van der Waals surface area contributed by atoms with E-state index in [1.165, 1.54) is 0 Å². The van der Waals surface area contributed by atoms with E-state index in [-0.39, 0.29) is 11.7 Å². The minimum Gasteiger partial charge on any atom is -0.497 e. The smallest absolute Gasteiger partial charge is 0.246 e. The Morgan fingerprint density at radius 1 is 1.09 bits per heavy atom. The SMILES string of the molecule is COc1ccc(/C=C/C(=O)N2CCC3(CC2)CC(=O)c2cc(C)cc(C)c2O3)c(OC)c1. The molecule has 0 bridgehead atoms. The van der Waals surface area contributed by atoms with Crippen molar-refractivity contribution < 1.29 is 23.8 Å². The van der Waals surface area contributed by atoms with Gasteiger partial charge in [0.15, 0.2) is 5.78 Å². The number of carbonyl (C=O) groups is 2. The first-order valence-electron chi connectivity index (χ1n) is 10.9. The number of hydrogen-bond acceptors (Lipinski definition) is 5. The molecule has 0 radical (unpaired) electrons. The number of piperidine rings is 1. The number of rotatable bonds is 4. The normalized spacial score (nSPS) is 17.2. The number of hydrogen-bond donors (Lipinski definition) is 0. The van der Waals surface area contributed by atoms with E-state index in [4.69, 9.17) is 14.2 Å². The maximum absolute atomic E-state index is 12.9. The van der Waals surface area contributed by atoms with Crippen molar-refractivity contribution in [3.8, 4) is 17.2 Å². The molecule has 1 amide bonds. The second-order valence-corrected chi connectivity index (χ2v) is 8.61. The third-order valence-electron chi connectivity index (χ3n) is 6.35. The molecule has 32 heavy (non-hydrogen) atoms. The Balaban J connectivity index is 1.43. The molecule has 2 aliphatic rings. The molecule has 1 spiro atoms.